The van der Waals surface area contributed by atoms with Crippen molar-refractivity contribution in [2.75, 3.05) is 4.90 Å². The molecule has 0 atom stereocenters. The van der Waals surface area contributed by atoms with Crippen LogP contribution in [-0.2, 0) is 0 Å². The van der Waals surface area contributed by atoms with E-state index in [1.165, 1.54) is 24.4 Å². The van der Waals surface area contributed by atoms with Crippen LogP contribution in [0, 0.1) is 5.82 Å². The first-order valence-corrected chi connectivity index (χ1v) is 6.35. The number of nitrogens with two attached hydrogens (primary N) is 1. The second kappa shape index (κ2) is 4.71. The van der Waals surface area contributed by atoms with Gasteiger partial charge in [0.05, 0.1) is 16.8 Å². The number of amides is 2. The summed E-state index contributed by atoms with van der Waals surface area (Å²) in [5.74, 6) is -1.89. The number of nitrogens with zero attached hydrogens (tertiary/aromatic N) is 2. The Bertz CT molecular complexity index is 772. The summed E-state index contributed by atoms with van der Waals surface area (Å²) in [5.41, 5.74) is 5.59. The zero-order valence-corrected chi connectivity index (χ0v) is 11.4. The second-order valence-corrected chi connectivity index (χ2v) is 4.78. The maximum absolute atomic E-state index is 13.9. The molecule has 0 radical (unpaired) electrons. The van der Waals surface area contributed by atoms with Crippen LogP contribution >= 0.6 is 12.2 Å². The number of halogens is 1. The van der Waals surface area contributed by atoms with Crippen LogP contribution in [0.4, 0.5) is 10.1 Å². The number of imide groups is 1. The molecule has 7 heteroatoms. The molecule has 5 nitrogen and oxygen atoms in total. The van der Waals surface area contributed by atoms with E-state index in [0.717, 1.165) is 11.0 Å². The number of pyridine rings is 1. The first kappa shape index (κ1) is 13.3. The zero-order valence-electron chi connectivity index (χ0n) is 10.5. The molecule has 2 aromatic rings. The quantitative estimate of drug-likeness (QED) is 0.674. The third kappa shape index (κ3) is 1.90. The van der Waals surface area contributed by atoms with Gasteiger partial charge >= 0.3 is 0 Å². The Balaban J connectivity index is 2.21. The molecule has 1 aliphatic rings. The number of carbonyl (C=O) groups excluding carboxylic acids is 2. The fraction of sp³-hybridized carbons (Fsp3) is 0. The highest BCUT2D eigenvalue weighted by Gasteiger charge is 2.39. The Morgan fingerprint density at radius 1 is 1.19 bits per heavy atom. The molecule has 0 unspecified atom stereocenters. The number of thiocarbonyl (C=S) groups is 1. The third-order valence-electron chi connectivity index (χ3n) is 3.13. The number of hydrogen-bond donors (Lipinski definition) is 1. The summed E-state index contributed by atoms with van der Waals surface area (Å²) in [7, 11) is 0. The van der Waals surface area contributed by atoms with Gasteiger partial charge in [-0.05, 0) is 24.3 Å². The van der Waals surface area contributed by atoms with Gasteiger partial charge in [0.1, 0.15) is 16.5 Å². The van der Waals surface area contributed by atoms with Crippen molar-refractivity contribution < 1.29 is 14.0 Å². The average Bonchev–Trinajstić information content (AvgIpc) is 2.71. The lowest BCUT2D eigenvalue weighted by molar-refractivity contribution is 0.0924. The Morgan fingerprint density at radius 2 is 1.95 bits per heavy atom. The molecular weight excluding hydrogens is 293 g/mol. The van der Waals surface area contributed by atoms with E-state index in [0.29, 0.717) is 0 Å². The van der Waals surface area contributed by atoms with Gasteiger partial charge in [-0.15, -0.1) is 0 Å². The highest BCUT2D eigenvalue weighted by atomic mass is 32.1. The number of carbonyl (C=O) groups is 2. The van der Waals surface area contributed by atoms with Crippen LogP contribution in [0.15, 0.2) is 36.5 Å². The molecule has 1 aromatic carbocycles. The number of hydrogen-bond acceptors (Lipinski definition) is 4. The molecule has 0 saturated heterocycles. The Labute approximate surface area is 124 Å². The smallest absolute Gasteiger partial charge is 0.284 e. The zero-order chi connectivity index (χ0) is 15.1. The van der Waals surface area contributed by atoms with E-state index in [9.17, 15) is 14.0 Å². The Hall–Kier alpha value is -2.67. The first-order chi connectivity index (χ1) is 10.0. The number of anilines is 1. The minimum atomic E-state index is -0.690. The summed E-state index contributed by atoms with van der Waals surface area (Å²) >= 11 is 4.81. The lowest BCUT2D eigenvalue weighted by Gasteiger charge is -2.17. The summed E-state index contributed by atoms with van der Waals surface area (Å²) in [6, 6.07) is 6.99. The fourth-order valence-electron chi connectivity index (χ4n) is 2.23. The maximum Gasteiger partial charge on any atom is 0.284 e. The maximum atomic E-state index is 13.9. The van der Waals surface area contributed by atoms with E-state index in [4.69, 9.17) is 18.0 Å². The highest BCUT2D eigenvalue weighted by molar-refractivity contribution is 7.80. The molecule has 1 aromatic heterocycles. The molecule has 0 bridgehead atoms. The molecule has 1 aliphatic heterocycles. The molecule has 2 N–H and O–H groups in total. The van der Waals surface area contributed by atoms with Crippen molar-refractivity contribution in [2.45, 2.75) is 0 Å². The van der Waals surface area contributed by atoms with E-state index in [2.05, 4.69) is 4.98 Å². The predicted octanol–water partition coefficient (Wildman–Crippen LogP) is 1.66. The van der Waals surface area contributed by atoms with Crippen LogP contribution in [0.1, 0.15) is 26.4 Å². The second-order valence-electron chi connectivity index (χ2n) is 4.34. The molecule has 0 saturated carbocycles. The van der Waals surface area contributed by atoms with Gasteiger partial charge < -0.3 is 5.73 Å². The van der Waals surface area contributed by atoms with E-state index >= 15 is 0 Å². The minimum Gasteiger partial charge on any atom is -0.389 e. The lowest BCUT2D eigenvalue weighted by atomic mass is 10.1. The third-order valence-corrected chi connectivity index (χ3v) is 3.33. The molecule has 0 spiro atoms. The largest absolute Gasteiger partial charge is 0.389 e. The van der Waals surface area contributed by atoms with Gasteiger partial charge in [0.25, 0.3) is 11.8 Å². The van der Waals surface area contributed by atoms with Crippen molar-refractivity contribution in [1.82, 2.24) is 4.98 Å². The number of fused-ring (bicyclic) bond motifs is 1. The summed E-state index contributed by atoms with van der Waals surface area (Å²) < 4.78 is 13.9. The van der Waals surface area contributed by atoms with E-state index in [-0.39, 0.29) is 27.5 Å². The van der Waals surface area contributed by atoms with Gasteiger partial charge in [-0.25, -0.2) is 9.29 Å². The SMILES string of the molecule is NC(=S)c1c(F)cccc1N1C(=O)c2cccnc2C1=O. The highest BCUT2D eigenvalue weighted by Crippen LogP contribution is 2.30. The van der Waals surface area contributed by atoms with Gasteiger partial charge in [0, 0.05) is 6.20 Å². The molecule has 3 rings (SSSR count). The van der Waals surface area contributed by atoms with Gasteiger partial charge in [-0.1, -0.05) is 18.3 Å². The van der Waals surface area contributed by atoms with E-state index < -0.39 is 17.6 Å². The molecule has 2 heterocycles. The number of benzene rings is 1. The molecule has 2 amide bonds. The summed E-state index contributed by atoms with van der Waals surface area (Å²) in [4.78, 5) is 29.2. The van der Waals surface area contributed by atoms with Crippen molar-refractivity contribution in [1.29, 1.82) is 0 Å². The van der Waals surface area contributed by atoms with Crippen molar-refractivity contribution in [3.05, 3.63) is 59.2 Å². The Kier molecular flexibility index (Phi) is 2.99. The van der Waals surface area contributed by atoms with Gasteiger partial charge in [-0.3, -0.25) is 14.6 Å². The van der Waals surface area contributed by atoms with Crippen LogP contribution in [0.3, 0.4) is 0 Å². The summed E-state index contributed by atoms with van der Waals surface area (Å²) in [6.07, 6.45) is 1.41. The van der Waals surface area contributed by atoms with Crippen molar-refractivity contribution in [3.63, 3.8) is 0 Å². The standard InChI is InChI=1S/C14H8FN3O2S/c15-8-4-1-5-9(10(8)12(16)21)18-13(19)7-3-2-6-17-11(7)14(18)20/h1-6H,(H2,16,21). The predicted molar refractivity (Wildman–Crippen MR) is 77.7 cm³/mol. The normalized spacial score (nSPS) is 13.5. The van der Waals surface area contributed by atoms with Crippen LogP contribution in [-0.4, -0.2) is 21.8 Å². The average molecular weight is 301 g/mol. The first-order valence-electron chi connectivity index (χ1n) is 5.94. The summed E-state index contributed by atoms with van der Waals surface area (Å²) in [6.45, 7) is 0. The van der Waals surface area contributed by atoms with Crippen LogP contribution in [0.25, 0.3) is 0 Å². The van der Waals surface area contributed by atoms with Crippen LogP contribution in [0.5, 0.6) is 0 Å². The van der Waals surface area contributed by atoms with E-state index in [1.807, 2.05) is 0 Å². The summed E-state index contributed by atoms with van der Waals surface area (Å²) in [5, 5.41) is 0. The topological polar surface area (TPSA) is 76.3 Å². The lowest BCUT2D eigenvalue weighted by Crippen LogP contribution is -2.32. The van der Waals surface area contributed by atoms with Gasteiger partial charge in [0.2, 0.25) is 0 Å². The van der Waals surface area contributed by atoms with Gasteiger partial charge in [0.15, 0.2) is 0 Å². The van der Waals surface area contributed by atoms with E-state index in [1.54, 1.807) is 6.07 Å². The molecule has 0 fully saturated rings. The fourth-order valence-corrected chi connectivity index (χ4v) is 2.43. The molecular formula is C14H8FN3O2S. The van der Waals surface area contributed by atoms with Crippen molar-refractivity contribution in [3.8, 4) is 0 Å². The van der Waals surface area contributed by atoms with Crippen molar-refractivity contribution >= 4 is 34.7 Å². The number of rotatable bonds is 2. The minimum absolute atomic E-state index is 0.0236. The Morgan fingerprint density at radius 3 is 2.62 bits per heavy atom. The van der Waals surface area contributed by atoms with Crippen LogP contribution in [0.2, 0.25) is 0 Å². The van der Waals surface area contributed by atoms with Gasteiger partial charge in [-0.2, -0.15) is 0 Å². The molecule has 104 valence electrons. The molecule has 21 heavy (non-hydrogen) atoms. The van der Waals surface area contributed by atoms with Crippen LogP contribution < -0.4 is 10.6 Å². The molecule has 0 aliphatic carbocycles. The number of aromatic nitrogens is 1. The monoisotopic (exact) mass is 301 g/mol. The van der Waals surface area contributed by atoms with Crippen molar-refractivity contribution in [2.24, 2.45) is 5.73 Å².